The van der Waals surface area contributed by atoms with Gasteiger partial charge in [0.2, 0.25) is 6.29 Å². The van der Waals surface area contributed by atoms with E-state index in [4.69, 9.17) is 18.7 Å². The van der Waals surface area contributed by atoms with Crippen molar-refractivity contribution in [2.45, 2.75) is 32.1 Å². The lowest BCUT2D eigenvalue weighted by atomic mass is 10.0. The number of anilines is 1. The minimum Gasteiger partial charge on any atom is -0.456 e. The van der Waals surface area contributed by atoms with E-state index in [1.54, 1.807) is 12.2 Å². The van der Waals surface area contributed by atoms with Gasteiger partial charge in [-0.1, -0.05) is 0 Å². The van der Waals surface area contributed by atoms with Crippen molar-refractivity contribution in [2.75, 3.05) is 18.8 Å². The fourth-order valence-electron chi connectivity index (χ4n) is 3.24. The first kappa shape index (κ1) is 13.6. The van der Waals surface area contributed by atoms with E-state index in [9.17, 15) is 4.79 Å². The van der Waals surface area contributed by atoms with Gasteiger partial charge in [-0.15, -0.1) is 0 Å². The van der Waals surface area contributed by atoms with Crippen LogP contribution in [0.25, 0.3) is 11.0 Å². The molecule has 6 heteroatoms. The normalized spacial score (nSPS) is 23.8. The molecule has 0 amide bonds. The average molecular weight is 303 g/mol. The third kappa shape index (κ3) is 1.91. The van der Waals surface area contributed by atoms with Crippen LogP contribution < -0.4 is 15.4 Å². The second-order valence-electron chi connectivity index (χ2n) is 5.61. The summed E-state index contributed by atoms with van der Waals surface area (Å²) < 4.78 is 17.1. The molecule has 4 rings (SSSR count). The number of hydrogen-bond donors (Lipinski definition) is 0. The van der Waals surface area contributed by atoms with Crippen LogP contribution in [0.1, 0.15) is 18.4 Å². The Hall–Kier alpha value is -2.05. The van der Waals surface area contributed by atoms with E-state index in [1.807, 2.05) is 19.1 Å². The Balaban J connectivity index is 1.96. The molecular weight excluding hydrogens is 286 g/mol. The van der Waals surface area contributed by atoms with Gasteiger partial charge in [-0.2, -0.15) is 0 Å². The standard InChI is InChI=1S/C16H17NO5/c1-9-8-13(18)21-14-10(9)5-6-11-15(14)22-16-12(17(11)19-2)4-3-7-20-16/h5-6,8,12,16H,3-4,7H2,1-2H3/t12-,16+/m1/s1. The Bertz CT molecular complexity index is 784. The predicted octanol–water partition coefficient (Wildman–Crippen LogP) is 2.37. The van der Waals surface area contributed by atoms with Crippen LogP contribution >= 0.6 is 0 Å². The first-order chi connectivity index (χ1) is 10.7. The molecular formula is C16H17NO5. The Labute approximate surface area is 127 Å². The van der Waals surface area contributed by atoms with Crippen molar-refractivity contribution in [3.63, 3.8) is 0 Å². The summed E-state index contributed by atoms with van der Waals surface area (Å²) in [5, 5.41) is 2.65. The number of ether oxygens (including phenoxy) is 2. The van der Waals surface area contributed by atoms with Crippen LogP contribution in [-0.4, -0.2) is 26.0 Å². The lowest BCUT2D eigenvalue weighted by Crippen LogP contribution is -2.52. The highest BCUT2D eigenvalue weighted by molar-refractivity contribution is 5.91. The minimum absolute atomic E-state index is 0.000214. The van der Waals surface area contributed by atoms with Gasteiger partial charge in [-0.05, 0) is 37.5 Å². The zero-order chi connectivity index (χ0) is 15.3. The largest absolute Gasteiger partial charge is 0.456 e. The van der Waals surface area contributed by atoms with Gasteiger partial charge in [-0.3, -0.25) is 4.84 Å². The van der Waals surface area contributed by atoms with E-state index in [0.29, 0.717) is 17.9 Å². The number of hydrogen-bond acceptors (Lipinski definition) is 6. The zero-order valence-corrected chi connectivity index (χ0v) is 12.5. The zero-order valence-electron chi connectivity index (χ0n) is 12.5. The van der Waals surface area contributed by atoms with Crippen LogP contribution in [0.5, 0.6) is 5.75 Å². The van der Waals surface area contributed by atoms with Gasteiger partial charge in [0.05, 0.1) is 13.7 Å². The highest BCUT2D eigenvalue weighted by atomic mass is 16.7. The highest BCUT2D eigenvalue weighted by Crippen LogP contribution is 2.43. The molecule has 1 aromatic carbocycles. The quantitative estimate of drug-likeness (QED) is 0.754. The van der Waals surface area contributed by atoms with Crippen molar-refractivity contribution in [3.8, 4) is 5.75 Å². The monoisotopic (exact) mass is 303 g/mol. The van der Waals surface area contributed by atoms with Gasteiger partial charge in [0.25, 0.3) is 0 Å². The first-order valence-electron chi connectivity index (χ1n) is 7.38. The molecule has 0 spiro atoms. The molecule has 0 bridgehead atoms. The molecule has 1 aromatic heterocycles. The second kappa shape index (κ2) is 5.00. The first-order valence-corrected chi connectivity index (χ1v) is 7.38. The van der Waals surface area contributed by atoms with Gasteiger partial charge >= 0.3 is 5.63 Å². The predicted molar refractivity (Wildman–Crippen MR) is 80.1 cm³/mol. The van der Waals surface area contributed by atoms with Crippen LogP contribution in [0.3, 0.4) is 0 Å². The third-order valence-corrected chi connectivity index (χ3v) is 4.26. The van der Waals surface area contributed by atoms with Crippen molar-refractivity contribution in [1.82, 2.24) is 0 Å². The topological polar surface area (TPSA) is 61.1 Å². The van der Waals surface area contributed by atoms with Crippen molar-refractivity contribution in [3.05, 3.63) is 34.2 Å². The lowest BCUT2D eigenvalue weighted by Gasteiger charge is -2.43. The fourth-order valence-corrected chi connectivity index (χ4v) is 3.24. The number of fused-ring (bicyclic) bond motifs is 4. The van der Waals surface area contributed by atoms with Crippen LogP contribution in [0.15, 0.2) is 27.4 Å². The maximum Gasteiger partial charge on any atom is 0.336 e. The second-order valence-corrected chi connectivity index (χ2v) is 5.61. The van der Waals surface area contributed by atoms with E-state index in [-0.39, 0.29) is 6.04 Å². The van der Waals surface area contributed by atoms with Gasteiger partial charge < -0.3 is 13.9 Å². The number of benzene rings is 1. The molecule has 0 radical (unpaired) electrons. The maximum atomic E-state index is 11.7. The molecule has 2 aliphatic rings. The molecule has 0 saturated carbocycles. The molecule has 0 N–H and O–H groups in total. The number of nitrogens with zero attached hydrogens (tertiary/aromatic N) is 1. The summed E-state index contributed by atoms with van der Waals surface area (Å²) in [5.74, 6) is 0.503. The summed E-state index contributed by atoms with van der Waals surface area (Å²) in [6.07, 6.45) is 1.47. The third-order valence-electron chi connectivity index (χ3n) is 4.26. The molecule has 116 valence electrons. The summed E-state index contributed by atoms with van der Waals surface area (Å²) in [6, 6.07) is 5.33. The van der Waals surface area contributed by atoms with E-state index < -0.39 is 11.9 Å². The van der Waals surface area contributed by atoms with Gasteiger partial charge in [0.1, 0.15) is 11.7 Å². The van der Waals surface area contributed by atoms with Crippen molar-refractivity contribution < 1.29 is 18.7 Å². The van der Waals surface area contributed by atoms with Crippen molar-refractivity contribution in [2.24, 2.45) is 0 Å². The van der Waals surface area contributed by atoms with E-state index in [2.05, 4.69) is 0 Å². The van der Waals surface area contributed by atoms with E-state index in [0.717, 1.165) is 29.5 Å². The van der Waals surface area contributed by atoms with Crippen LogP contribution in [0, 0.1) is 6.92 Å². The summed E-state index contributed by atoms with van der Waals surface area (Å²) in [6.45, 7) is 2.53. The minimum atomic E-state index is -0.419. The summed E-state index contributed by atoms with van der Waals surface area (Å²) in [4.78, 5) is 17.3. The molecule has 2 aliphatic heterocycles. The Morgan fingerprint density at radius 2 is 2.23 bits per heavy atom. The van der Waals surface area contributed by atoms with Gasteiger partial charge in [0, 0.05) is 11.5 Å². The molecule has 2 aromatic rings. The van der Waals surface area contributed by atoms with E-state index >= 15 is 0 Å². The Morgan fingerprint density at radius 1 is 1.36 bits per heavy atom. The summed E-state index contributed by atoms with van der Waals surface area (Å²) >= 11 is 0. The van der Waals surface area contributed by atoms with Gasteiger partial charge in [-0.25, -0.2) is 9.86 Å². The van der Waals surface area contributed by atoms with Crippen molar-refractivity contribution >= 4 is 16.7 Å². The molecule has 1 saturated heterocycles. The number of aryl methyl sites for hydroxylation is 1. The molecule has 1 fully saturated rings. The van der Waals surface area contributed by atoms with E-state index in [1.165, 1.54) is 6.07 Å². The van der Waals surface area contributed by atoms with Crippen molar-refractivity contribution in [1.29, 1.82) is 0 Å². The smallest absolute Gasteiger partial charge is 0.336 e. The molecule has 6 nitrogen and oxygen atoms in total. The highest BCUT2D eigenvalue weighted by Gasteiger charge is 2.40. The SMILES string of the molecule is CON1c2ccc3c(C)cc(=O)oc3c2O[C@@H]2OCCC[C@H]21. The molecule has 0 aliphatic carbocycles. The molecule has 0 unspecified atom stereocenters. The fraction of sp³-hybridized carbons (Fsp3) is 0.438. The average Bonchev–Trinajstić information content (AvgIpc) is 2.52. The molecule has 2 atom stereocenters. The lowest BCUT2D eigenvalue weighted by molar-refractivity contribution is -0.142. The Morgan fingerprint density at radius 3 is 3.05 bits per heavy atom. The summed E-state index contributed by atoms with van der Waals surface area (Å²) in [5.41, 5.74) is 1.67. The number of rotatable bonds is 1. The molecule has 3 heterocycles. The van der Waals surface area contributed by atoms with Crippen LogP contribution in [0.2, 0.25) is 0 Å². The number of hydroxylamine groups is 1. The Kier molecular flexibility index (Phi) is 3.09. The van der Waals surface area contributed by atoms with Gasteiger partial charge in [0.15, 0.2) is 11.3 Å². The maximum absolute atomic E-state index is 11.7. The van der Waals surface area contributed by atoms with Crippen LogP contribution in [-0.2, 0) is 9.57 Å². The van der Waals surface area contributed by atoms with Crippen LogP contribution in [0.4, 0.5) is 5.69 Å². The molecule has 22 heavy (non-hydrogen) atoms. The summed E-state index contributed by atoms with van der Waals surface area (Å²) in [7, 11) is 1.62.